The third-order valence-electron chi connectivity index (χ3n) is 2.78. The number of hydrogen-bond acceptors (Lipinski definition) is 7. The highest BCUT2D eigenvalue weighted by molar-refractivity contribution is 7.10. The summed E-state index contributed by atoms with van der Waals surface area (Å²) in [7, 11) is 0. The predicted octanol–water partition coefficient (Wildman–Crippen LogP) is 0.433. The molecule has 1 aliphatic rings. The van der Waals surface area contributed by atoms with Crippen molar-refractivity contribution in [2.24, 2.45) is 5.84 Å². The molecule has 0 radical (unpaired) electrons. The van der Waals surface area contributed by atoms with Gasteiger partial charge in [0.15, 0.2) is 0 Å². The van der Waals surface area contributed by atoms with E-state index < -0.39 is 0 Å². The number of nitrogens with zero attached hydrogens (tertiary/aromatic N) is 3. The van der Waals surface area contributed by atoms with Gasteiger partial charge in [0.2, 0.25) is 0 Å². The van der Waals surface area contributed by atoms with E-state index in [0.717, 1.165) is 30.4 Å². The lowest BCUT2D eigenvalue weighted by molar-refractivity contribution is -0.0530. The second kappa shape index (κ2) is 5.05. The molecule has 2 unspecified atom stereocenters. The van der Waals surface area contributed by atoms with Gasteiger partial charge in [0.05, 0.1) is 12.7 Å². The van der Waals surface area contributed by atoms with Crippen LogP contribution < -0.4 is 11.3 Å². The first-order valence-electron chi connectivity index (χ1n) is 5.34. The van der Waals surface area contributed by atoms with Crippen molar-refractivity contribution in [1.82, 2.24) is 14.5 Å². The van der Waals surface area contributed by atoms with Crippen molar-refractivity contribution in [3.05, 3.63) is 5.69 Å². The summed E-state index contributed by atoms with van der Waals surface area (Å²) >= 11 is 1.29. The fourth-order valence-corrected chi connectivity index (χ4v) is 2.29. The highest BCUT2D eigenvalue weighted by Gasteiger charge is 2.24. The monoisotopic (exact) mass is 243 g/mol. The molecule has 2 atom stereocenters. The van der Waals surface area contributed by atoms with E-state index in [-0.39, 0.29) is 6.10 Å². The van der Waals surface area contributed by atoms with Crippen LogP contribution >= 0.6 is 11.5 Å². The maximum Gasteiger partial charge on any atom is 0.148 e. The molecular formula is C9H17N5OS. The van der Waals surface area contributed by atoms with Crippen LogP contribution in [0.15, 0.2) is 0 Å². The van der Waals surface area contributed by atoms with Crippen molar-refractivity contribution in [2.75, 3.05) is 18.6 Å². The molecule has 1 aromatic heterocycles. The largest absolute Gasteiger partial charge is 0.376 e. The topological polar surface area (TPSA) is 76.3 Å². The summed E-state index contributed by atoms with van der Waals surface area (Å²) < 4.78 is 9.47. The number of nitrogens with one attached hydrogen (secondary N) is 1. The van der Waals surface area contributed by atoms with Crippen LogP contribution in [0.1, 0.15) is 19.5 Å². The summed E-state index contributed by atoms with van der Waals surface area (Å²) in [6.45, 7) is 6.69. The second-order valence-corrected chi connectivity index (χ2v) is 4.87. The standard InChI is InChI=1S/C9H17N5OS/c1-6-5-15-7(2)3-14(6)4-8-9(11-10)16-13-12-8/h6-7,11H,3-5,10H2,1-2H3. The molecule has 6 nitrogen and oxygen atoms in total. The number of hydrogen-bond donors (Lipinski definition) is 2. The fraction of sp³-hybridized carbons (Fsp3) is 0.778. The van der Waals surface area contributed by atoms with E-state index in [1.807, 2.05) is 0 Å². The third kappa shape index (κ3) is 2.49. The Labute approximate surface area is 98.9 Å². The highest BCUT2D eigenvalue weighted by Crippen LogP contribution is 2.21. The first-order valence-corrected chi connectivity index (χ1v) is 6.11. The second-order valence-electron chi connectivity index (χ2n) is 4.12. The van der Waals surface area contributed by atoms with E-state index in [9.17, 15) is 0 Å². The van der Waals surface area contributed by atoms with Crippen molar-refractivity contribution in [3.8, 4) is 0 Å². The van der Waals surface area contributed by atoms with Gasteiger partial charge in [-0.3, -0.25) is 4.90 Å². The van der Waals surface area contributed by atoms with Gasteiger partial charge in [-0.25, -0.2) is 5.84 Å². The van der Waals surface area contributed by atoms with Crippen LogP contribution in [-0.2, 0) is 11.3 Å². The molecule has 0 aromatic carbocycles. The molecule has 7 heteroatoms. The van der Waals surface area contributed by atoms with Crippen LogP contribution in [0.2, 0.25) is 0 Å². The molecule has 90 valence electrons. The van der Waals surface area contributed by atoms with Gasteiger partial charge in [0.1, 0.15) is 10.7 Å². The van der Waals surface area contributed by atoms with E-state index in [0.29, 0.717) is 6.04 Å². The minimum atomic E-state index is 0.275. The number of morpholine rings is 1. The zero-order valence-electron chi connectivity index (χ0n) is 9.51. The Morgan fingerprint density at radius 3 is 3.19 bits per heavy atom. The maximum absolute atomic E-state index is 5.58. The quantitative estimate of drug-likeness (QED) is 0.592. The van der Waals surface area contributed by atoms with E-state index >= 15 is 0 Å². The molecule has 0 bridgehead atoms. The minimum absolute atomic E-state index is 0.275. The van der Waals surface area contributed by atoms with Gasteiger partial charge in [-0.05, 0) is 13.8 Å². The van der Waals surface area contributed by atoms with Crippen molar-refractivity contribution in [1.29, 1.82) is 0 Å². The first kappa shape index (κ1) is 11.7. The van der Waals surface area contributed by atoms with Crippen molar-refractivity contribution >= 4 is 16.5 Å². The molecular weight excluding hydrogens is 226 g/mol. The summed E-state index contributed by atoms with van der Waals surface area (Å²) in [6.07, 6.45) is 0.275. The summed E-state index contributed by atoms with van der Waals surface area (Å²) in [6, 6.07) is 0.406. The molecule has 1 saturated heterocycles. The summed E-state index contributed by atoms with van der Waals surface area (Å²) in [4.78, 5) is 2.34. The molecule has 16 heavy (non-hydrogen) atoms. The summed E-state index contributed by atoms with van der Waals surface area (Å²) in [5.74, 6) is 5.40. The van der Waals surface area contributed by atoms with Crippen LogP contribution in [0.3, 0.4) is 0 Å². The number of ether oxygens (including phenoxy) is 1. The maximum atomic E-state index is 5.58. The lowest BCUT2D eigenvalue weighted by Crippen LogP contribution is -2.46. The smallest absolute Gasteiger partial charge is 0.148 e. The highest BCUT2D eigenvalue weighted by atomic mass is 32.1. The Morgan fingerprint density at radius 1 is 1.62 bits per heavy atom. The van der Waals surface area contributed by atoms with E-state index in [4.69, 9.17) is 10.6 Å². The number of nitrogens with two attached hydrogens (primary N) is 1. The van der Waals surface area contributed by atoms with Crippen LogP contribution in [-0.4, -0.2) is 39.8 Å². The molecule has 0 spiro atoms. The average molecular weight is 243 g/mol. The van der Waals surface area contributed by atoms with Crippen molar-refractivity contribution in [2.45, 2.75) is 32.5 Å². The Bertz CT molecular complexity index is 344. The molecule has 2 heterocycles. The zero-order chi connectivity index (χ0) is 11.5. The fourth-order valence-electron chi connectivity index (χ4n) is 1.81. The van der Waals surface area contributed by atoms with E-state index in [2.05, 4.69) is 33.8 Å². The molecule has 0 saturated carbocycles. The van der Waals surface area contributed by atoms with Crippen LogP contribution in [0.4, 0.5) is 5.00 Å². The van der Waals surface area contributed by atoms with Gasteiger partial charge < -0.3 is 10.2 Å². The van der Waals surface area contributed by atoms with Gasteiger partial charge in [-0.15, -0.1) is 5.10 Å². The van der Waals surface area contributed by atoms with Crippen LogP contribution in [0.25, 0.3) is 0 Å². The van der Waals surface area contributed by atoms with Crippen molar-refractivity contribution < 1.29 is 4.74 Å². The Balaban J connectivity index is 2.02. The number of anilines is 1. The number of nitrogen functional groups attached to an aromatic ring is 1. The summed E-state index contributed by atoms with van der Waals surface area (Å²) in [5.41, 5.74) is 3.54. The normalized spacial score (nSPS) is 26.9. The van der Waals surface area contributed by atoms with Gasteiger partial charge in [-0.2, -0.15) is 0 Å². The Morgan fingerprint density at radius 2 is 2.44 bits per heavy atom. The van der Waals surface area contributed by atoms with Gasteiger partial charge in [-0.1, -0.05) is 4.49 Å². The number of hydrazine groups is 1. The molecule has 1 aliphatic heterocycles. The third-order valence-corrected chi connectivity index (χ3v) is 3.48. The number of aromatic nitrogens is 2. The SMILES string of the molecule is CC1CN(Cc2nnsc2NN)C(C)CO1. The molecule has 1 aromatic rings. The zero-order valence-corrected chi connectivity index (χ0v) is 10.3. The van der Waals surface area contributed by atoms with Gasteiger partial charge in [0.25, 0.3) is 0 Å². The molecule has 0 amide bonds. The molecule has 2 rings (SSSR count). The van der Waals surface area contributed by atoms with Crippen molar-refractivity contribution in [3.63, 3.8) is 0 Å². The molecule has 0 aliphatic carbocycles. The lowest BCUT2D eigenvalue weighted by atomic mass is 10.2. The van der Waals surface area contributed by atoms with E-state index in [1.165, 1.54) is 11.5 Å². The van der Waals surface area contributed by atoms with Crippen LogP contribution in [0, 0.1) is 0 Å². The summed E-state index contributed by atoms with van der Waals surface area (Å²) in [5, 5.41) is 4.92. The Kier molecular flexibility index (Phi) is 3.70. The predicted molar refractivity (Wildman–Crippen MR) is 63.0 cm³/mol. The number of rotatable bonds is 3. The van der Waals surface area contributed by atoms with E-state index in [1.54, 1.807) is 0 Å². The Hall–Kier alpha value is -0.760. The molecule has 3 N–H and O–H groups in total. The molecule has 1 fully saturated rings. The average Bonchev–Trinajstić information content (AvgIpc) is 2.71. The first-order chi connectivity index (χ1) is 7.70. The lowest BCUT2D eigenvalue weighted by Gasteiger charge is -2.36. The van der Waals surface area contributed by atoms with Crippen LogP contribution in [0.5, 0.6) is 0 Å². The van der Waals surface area contributed by atoms with Gasteiger partial charge >= 0.3 is 0 Å². The van der Waals surface area contributed by atoms with Gasteiger partial charge in [0, 0.05) is 30.7 Å². The minimum Gasteiger partial charge on any atom is -0.376 e.